The summed E-state index contributed by atoms with van der Waals surface area (Å²) in [5.74, 6) is 0.599. The average molecular weight is 340 g/mol. The molecule has 0 bridgehead atoms. The SMILES string of the molecule is CN1C(=CC=C(C#N)c2nc3ccccc3[nH]2)C(C)(C)c2ccccc21. The van der Waals surface area contributed by atoms with Gasteiger partial charge in [-0.25, -0.2) is 4.98 Å². The van der Waals surface area contributed by atoms with E-state index in [1.807, 2.05) is 36.4 Å². The molecule has 128 valence electrons. The van der Waals surface area contributed by atoms with Gasteiger partial charge in [-0.1, -0.05) is 44.2 Å². The number of H-pyrrole nitrogens is 1. The van der Waals surface area contributed by atoms with Gasteiger partial charge in [-0.05, 0) is 35.9 Å². The fourth-order valence-corrected chi connectivity index (χ4v) is 3.71. The number of benzene rings is 2. The lowest BCUT2D eigenvalue weighted by atomic mass is 9.83. The number of likely N-dealkylation sites (N-methyl/N-ethyl adjacent to an activating group) is 1. The van der Waals surface area contributed by atoms with Gasteiger partial charge in [-0.2, -0.15) is 5.26 Å². The third-order valence-corrected chi connectivity index (χ3v) is 5.11. The third-order valence-electron chi connectivity index (χ3n) is 5.11. The molecule has 0 saturated carbocycles. The summed E-state index contributed by atoms with van der Waals surface area (Å²) in [6.45, 7) is 4.42. The fraction of sp³-hybridized carbons (Fsp3) is 0.182. The van der Waals surface area contributed by atoms with Gasteiger partial charge in [-0.15, -0.1) is 0 Å². The van der Waals surface area contributed by atoms with E-state index in [2.05, 4.69) is 66.1 Å². The van der Waals surface area contributed by atoms with Crippen LogP contribution >= 0.6 is 0 Å². The molecule has 0 amide bonds. The number of anilines is 1. The number of rotatable bonds is 2. The van der Waals surface area contributed by atoms with Crippen LogP contribution in [-0.2, 0) is 5.41 Å². The Morgan fingerprint density at radius 3 is 2.62 bits per heavy atom. The first-order chi connectivity index (χ1) is 12.5. The van der Waals surface area contributed by atoms with Gasteiger partial charge < -0.3 is 9.88 Å². The fourth-order valence-electron chi connectivity index (χ4n) is 3.71. The summed E-state index contributed by atoms with van der Waals surface area (Å²) in [5.41, 5.74) is 5.86. The molecule has 0 unspecified atom stereocenters. The Bertz CT molecular complexity index is 1060. The van der Waals surface area contributed by atoms with Gasteiger partial charge in [0.1, 0.15) is 11.9 Å². The molecule has 4 rings (SSSR count). The summed E-state index contributed by atoms with van der Waals surface area (Å²) < 4.78 is 0. The highest BCUT2D eigenvalue weighted by molar-refractivity contribution is 5.83. The molecule has 1 aromatic heterocycles. The highest BCUT2D eigenvalue weighted by Crippen LogP contribution is 2.46. The first-order valence-corrected chi connectivity index (χ1v) is 8.63. The van der Waals surface area contributed by atoms with Crippen molar-refractivity contribution in [1.29, 1.82) is 5.26 Å². The molecule has 0 fully saturated rings. The number of hydrogen-bond donors (Lipinski definition) is 1. The van der Waals surface area contributed by atoms with E-state index >= 15 is 0 Å². The normalized spacial score (nSPS) is 17.5. The average Bonchev–Trinajstić information content (AvgIpc) is 3.15. The van der Waals surface area contributed by atoms with Crippen LogP contribution in [0.2, 0.25) is 0 Å². The largest absolute Gasteiger partial charge is 0.347 e. The molecule has 0 saturated heterocycles. The van der Waals surface area contributed by atoms with E-state index in [0.29, 0.717) is 11.4 Å². The van der Waals surface area contributed by atoms with E-state index in [-0.39, 0.29) is 5.41 Å². The molecular formula is C22H20N4. The molecule has 1 aliphatic rings. The molecule has 4 nitrogen and oxygen atoms in total. The summed E-state index contributed by atoms with van der Waals surface area (Å²) in [6, 6.07) is 18.5. The maximum absolute atomic E-state index is 9.63. The first kappa shape index (κ1) is 16.2. The second-order valence-corrected chi connectivity index (χ2v) is 7.05. The van der Waals surface area contributed by atoms with Crippen molar-refractivity contribution in [2.45, 2.75) is 19.3 Å². The summed E-state index contributed by atoms with van der Waals surface area (Å²) in [7, 11) is 2.07. The summed E-state index contributed by atoms with van der Waals surface area (Å²) in [6.07, 6.45) is 3.89. The van der Waals surface area contributed by atoms with Gasteiger partial charge in [0, 0.05) is 23.8 Å². The van der Waals surface area contributed by atoms with Gasteiger partial charge in [0.2, 0.25) is 0 Å². The van der Waals surface area contributed by atoms with Crippen LogP contribution in [0.15, 0.2) is 66.4 Å². The van der Waals surface area contributed by atoms with Crippen molar-refractivity contribution in [3.63, 3.8) is 0 Å². The van der Waals surface area contributed by atoms with Crippen LogP contribution in [0.25, 0.3) is 16.6 Å². The van der Waals surface area contributed by atoms with Gasteiger partial charge in [0.25, 0.3) is 0 Å². The molecule has 0 radical (unpaired) electrons. The quantitative estimate of drug-likeness (QED) is 0.683. The summed E-state index contributed by atoms with van der Waals surface area (Å²) in [5, 5.41) is 9.63. The molecule has 0 atom stereocenters. The molecule has 0 spiro atoms. The maximum Gasteiger partial charge on any atom is 0.149 e. The first-order valence-electron chi connectivity index (χ1n) is 8.63. The van der Waals surface area contributed by atoms with Crippen LogP contribution in [0.3, 0.4) is 0 Å². The Morgan fingerprint density at radius 1 is 1.15 bits per heavy atom. The minimum atomic E-state index is -0.115. The zero-order valence-electron chi connectivity index (χ0n) is 15.1. The lowest BCUT2D eigenvalue weighted by Crippen LogP contribution is -2.22. The predicted octanol–water partition coefficient (Wildman–Crippen LogP) is 4.78. The molecule has 2 heterocycles. The third kappa shape index (κ3) is 2.41. The molecule has 3 aromatic rings. The lowest BCUT2D eigenvalue weighted by Gasteiger charge is -2.23. The van der Waals surface area contributed by atoms with Crippen LogP contribution in [0.4, 0.5) is 5.69 Å². The van der Waals surface area contributed by atoms with E-state index in [9.17, 15) is 5.26 Å². The summed E-state index contributed by atoms with van der Waals surface area (Å²) in [4.78, 5) is 9.95. The van der Waals surface area contributed by atoms with Crippen LogP contribution in [0.1, 0.15) is 25.2 Å². The number of aromatic nitrogens is 2. The number of fused-ring (bicyclic) bond motifs is 2. The number of para-hydroxylation sites is 3. The Labute approximate surface area is 153 Å². The number of nitrogens with one attached hydrogen (secondary N) is 1. The Balaban J connectivity index is 1.77. The number of allylic oxidation sites excluding steroid dienone is 4. The van der Waals surface area contributed by atoms with Crippen molar-refractivity contribution in [2.75, 3.05) is 11.9 Å². The smallest absolute Gasteiger partial charge is 0.149 e. The zero-order chi connectivity index (χ0) is 18.3. The second-order valence-electron chi connectivity index (χ2n) is 7.05. The molecule has 1 aliphatic heterocycles. The highest BCUT2D eigenvalue weighted by atomic mass is 15.2. The van der Waals surface area contributed by atoms with Crippen LogP contribution in [-0.4, -0.2) is 17.0 Å². The minimum absolute atomic E-state index is 0.115. The molecule has 26 heavy (non-hydrogen) atoms. The van der Waals surface area contributed by atoms with Gasteiger partial charge >= 0.3 is 0 Å². The van der Waals surface area contributed by atoms with E-state index in [1.165, 1.54) is 11.3 Å². The topological polar surface area (TPSA) is 55.7 Å². The number of imidazole rings is 1. The molecule has 4 heteroatoms. The Morgan fingerprint density at radius 2 is 1.88 bits per heavy atom. The van der Waals surface area contributed by atoms with Crippen molar-refractivity contribution < 1.29 is 0 Å². The van der Waals surface area contributed by atoms with E-state index in [1.54, 1.807) is 0 Å². The van der Waals surface area contributed by atoms with Crippen molar-refractivity contribution >= 4 is 22.3 Å². The van der Waals surface area contributed by atoms with Gasteiger partial charge in [0.05, 0.1) is 16.6 Å². The number of hydrogen-bond acceptors (Lipinski definition) is 3. The predicted molar refractivity (Wildman–Crippen MR) is 106 cm³/mol. The van der Waals surface area contributed by atoms with Gasteiger partial charge in [-0.3, -0.25) is 0 Å². The van der Waals surface area contributed by atoms with E-state index in [4.69, 9.17) is 0 Å². The standard InChI is InChI=1S/C22H20N4/c1-22(2)16-8-4-7-11-19(16)26(3)20(22)13-12-15(14-23)21-24-17-9-5-6-10-18(17)25-21/h4-13H,1-3H3,(H,24,25). The molecule has 2 aromatic carbocycles. The van der Waals surface area contributed by atoms with Crippen LogP contribution < -0.4 is 4.90 Å². The van der Waals surface area contributed by atoms with Crippen molar-refractivity contribution in [1.82, 2.24) is 9.97 Å². The van der Waals surface area contributed by atoms with Crippen molar-refractivity contribution in [3.05, 3.63) is 77.8 Å². The van der Waals surface area contributed by atoms with Crippen LogP contribution in [0.5, 0.6) is 0 Å². The lowest BCUT2D eigenvalue weighted by molar-refractivity contribution is 0.640. The van der Waals surface area contributed by atoms with Gasteiger partial charge in [0.15, 0.2) is 0 Å². The molecule has 0 aliphatic carbocycles. The number of nitriles is 1. The highest BCUT2D eigenvalue weighted by Gasteiger charge is 2.37. The molecule has 1 N–H and O–H groups in total. The monoisotopic (exact) mass is 340 g/mol. The zero-order valence-corrected chi connectivity index (χ0v) is 15.1. The molecular weight excluding hydrogens is 320 g/mol. The van der Waals surface area contributed by atoms with Crippen LogP contribution in [0, 0.1) is 11.3 Å². The number of nitrogens with zero attached hydrogens (tertiary/aromatic N) is 3. The maximum atomic E-state index is 9.63. The number of aromatic amines is 1. The van der Waals surface area contributed by atoms with E-state index < -0.39 is 0 Å². The van der Waals surface area contributed by atoms with Crippen molar-refractivity contribution in [2.24, 2.45) is 0 Å². The Hall–Kier alpha value is -3.32. The van der Waals surface area contributed by atoms with Crippen molar-refractivity contribution in [3.8, 4) is 6.07 Å². The minimum Gasteiger partial charge on any atom is -0.347 e. The van der Waals surface area contributed by atoms with E-state index in [0.717, 1.165) is 16.7 Å². The summed E-state index contributed by atoms with van der Waals surface area (Å²) >= 11 is 0. The Kier molecular flexibility index (Phi) is 3.66. The second kappa shape index (κ2) is 5.89.